The van der Waals surface area contributed by atoms with Gasteiger partial charge in [0.1, 0.15) is 17.1 Å². The zero-order valence-corrected chi connectivity index (χ0v) is 12.4. The van der Waals surface area contributed by atoms with Crippen molar-refractivity contribution in [2.75, 3.05) is 12.4 Å². The van der Waals surface area contributed by atoms with Crippen LogP contribution in [-0.2, 0) is 6.54 Å². The Morgan fingerprint density at radius 1 is 1.38 bits per heavy atom. The van der Waals surface area contributed by atoms with E-state index in [1.54, 1.807) is 38.3 Å². The number of rotatable bonds is 5. The van der Waals surface area contributed by atoms with Crippen LogP contribution in [0.5, 0.6) is 5.75 Å². The van der Waals surface area contributed by atoms with E-state index in [0.29, 0.717) is 23.1 Å². The zero-order chi connectivity index (χ0) is 15.4. The molecule has 0 radical (unpaired) electrons. The van der Waals surface area contributed by atoms with E-state index in [0.717, 1.165) is 11.3 Å². The van der Waals surface area contributed by atoms with Crippen molar-refractivity contribution in [1.82, 2.24) is 4.98 Å². The van der Waals surface area contributed by atoms with E-state index in [2.05, 4.69) is 10.3 Å². The highest BCUT2D eigenvalue weighted by Gasteiger charge is 2.13. The molecule has 1 heterocycles. The molecule has 0 atom stereocenters. The predicted octanol–water partition coefficient (Wildman–Crippen LogP) is 3.36. The molecule has 1 aromatic heterocycles. The van der Waals surface area contributed by atoms with Crippen LogP contribution in [0.1, 0.15) is 21.6 Å². The molecule has 2 rings (SSSR count). The molecule has 0 aliphatic carbocycles. The molecule has 0 aliphatic heterocycles. The first-order chi connectivity index (χ1) is 10.0. The number of hydrogen-bond donors (Lipinski definition) is 2. The predicted molar refractivity (Wildman–Crippen MR) is 81.3 cm³/mol. The molecule has 0 unspecified atom stereocenters. The molecule has 0 fully saturated rings. The first-order valence-electron chi connectivity index (χ1n) is 6.29. The third kappa shape index (κ3) is 3.44. The van der Waals surface area contributed by atoms with Gasteiger partial charge in [-0.1, -0.05) is 17.7 Å². The number of ether oxygens (including phenoxy) is 1. The van der Waals surface area contributed by atoms with Crippen molar-refractivity contribution in [1.29, 1.82) is 0 Å². The SMILES string of the molecule is COc1cccc(Cl)c1CNc1nc(C)ccc1C(=O)O. The molecule has 2 N–H and O–H groups in total. The van der Waals surface area contributed by atoms with E-state index in [1.165, 1.54) is 6.07 Å². The number of halogens is 1. The minimum Gasteiger partial charge on any atom is -0.496 e. The first kappa shape index (κ1) is 15.1. The molecule has 0 bridgehead atoms. The standard InChI is InChI=1S/C15H15ClN2O3/c1-9-6-7-10(15(19)20)14(18-9)17-8-11-12(16)4-3-5-13(11)21-2/h3-7H,8H2,1-2H3,(H,17,18)(H,19,20). The minimum absolute atomic E-state index is 0.117. The van der Waals surface area contributed by atoms with Crippen molar-refractivity contribution < 1.29 is 14.6 Å². The molecular weight excluding hydrogens is 292 g/mol. The number of nitrogens with one attached hydrogen (secondary N) is 1. The number of carbonyl (C=O) groups is 1. The Kier molecular flexibility index (Phi) is 4.65. The number of aromatic nitrogens is 1. The van der Waals surface area contributed by atoms with Gasteiger partial charge in [-0.25, -0.2) is 9.78 Å². The van der Waals surface area contributed by atoms with Crippen LogP contribution in [0.25, 0.3) is 0 Å². The van der Waals surface area contributed by atoms with Gasteiger partial charge in [-0.15, -0.1) is 0 Å². The summed E-state index contributed by atoms with van der Waals surface area (Å²) in [7, 11) is 1.56. The lowest BCUT2D eigenvalue weighted by Gasteiger charge is -2.13. The Bertz CT molecular complexity index is 674. The number of methoxy groups -OCH3 is 1. The van der Waals surface area contributed by atoms with E-state index < -0.39 is 5.97 Å². The monoisotopic (exact) mass is 306 g/mol. The Morgan fingerprint density at radius 2 is 2.14 bits per heavy atom. The summed E-state index contributed by atoms with van der Waals surface area (Å²) in [5, 5.41) is 12.7. The van der Waals surface area contributed by atoms with Crippen LogP contribution in [0.3, 0.4) is 0 Å². The molecule has 6 heteroatoms. The molecule has 0 aliphatic rings. The summed E-state index contributed by atoms with van der Waals surface area (Å²) in [6.07, 6.45) is 0. The van der Waals surface area contributed by atoms with Crippen LogP contribution in [0.2, 0.25) is 5.02 Å². The van der Waals surface area contributed by atoms with E-state index in [9.17, 15) is 9.90 Å². The maximum absolute atomic E-state index is 11.2. The highest BCUT2D eigenvalue weighted by Crippen LogP contribution is 2.27. The summed E-state index contributed by atoms with van der Waals surface area (Å²) >= 11 is 6.15. The molecule has 0 amide bonds. The van der Waals surface area contributed by atoms with Gasteiger partial charge in [0.05, 0.1) is 7.11 Å². The molecular formula is C15H15ClN2O3. The maximum Gasteiger partial charge on any atom is 0.339 e. The number of carboxylic acids is 1. The average Bonchev–Trinajstić information content (AvgIpc) is 2.45. The van der Waals surface area contributed by atoms with Gasteiger partial charge in [-0.05, 0) is 31.2 Å². The first-order valence-corrected chi connectivity index (χ1v) is 6.67. The van der Waals surface area contributed by atoms with Gasteiger partial charge >= 0.3 is 5.97 Å². The van der Waals surface area contributed by atoms with Gasteiger partial charge in [-0.3, -0.25) is 0 Å². The van der Waals surface area contributed by atoms with Gasteiger partial charge in [0.25, 0.3) is 0 Å². The third-order valence-corrected chi connectivity index (χ3v) is 3.35. The van der Waals surface area contributed by atoms with Crippen LogP contribution >= 0.6 is 11.6 Å². The largest absolute Gasteiger partial charge is 0.496 e. The Labute approximate surface area is 127 Å². The Morgan fingerprint density at radius 3 is 2.81 bits per heavy atom. The topological polar surface area (TPSA) is 71.5 Å². The molecule has 2 aromatic rings. The summed E-state index contributed by atoms with van der Waals surface area (Å²) in [6, 6.07) is 8.52. The number of aromatic carboxylic acids is 1. The van der Waals surface area contributed by atoms with Crippen LogP contribution in [0.15, 0.2) is 30.3 Å². The van der Waals surface area contributed by atoms with Gasteiger partial charge < -0.3 is 15.2 Å². The number of hydrogen-bond acceptors (Lipinski definition) is 4. The second-order valence-corrected chi connectivity index (χ2v) is 4.84. The van der Waals surface area contributed by atoms with Crippen LogP contribution in [0, 0.1) is 6.92 Å². The molecule has 1 aromatic carbocycles. The van der Waals surface area contributed by atoms with E-state index in [-0.39, 0.29) is 5.56 Å². The van der Waals surface area contributed by atoms with Crippen molar-refractivity contribution in [3.8, 4) is 5.75 Å². The summed E-state index contributed by atoms with van der Waals surface area (Å²) in [4.78, 5) is 15.4. The molecule has 21 heavy (non-hydrogen) atoms. The molecule has 5 nitrogen and oxygen atoms in total. The van der Waals surface area contributed by atoms with Crippen LogP contribution in [-0.4, -0.2) is 23.2 Å². The van der Waals surface area contributed by atoms with Crippen molar-refractivity contribution in [3.63, 3.8) is 0 Å². The van der Waals surface area contributed by atoms with E-state index in [1.807, 2.05) is 0 Å². The number of pyridine rings is 1. The van der Waals surface area contributed by atoms with E-state index in [4.69, 9.17) is 16.3 Å². The lowest BCUT2D eigenvalue weighted by Crippen LogP contribution is -2.10. The van der Waals surface area contributed by atoms with E-state index >= 15 is 0 Å². The van der Waals surface area contributed by atoms with Gasteiger partial charge in [0.15, 0.2) is 0 Å². The average molecular weight is 307 g/mol. The number of anilines is 1. The van der Waals surface area contributed by atoms with Crippen molar-refractivity contribution >= 4 is 23.4 Å². The normalized spacial score (nSPS) is 10.2. The summed E-state index contributed by atoms with van der Waals surface area (Å²) < 4.78 is 5.25. The lowest BCUT2D eigenvalue weighted by molar-refractivity contribution is 0.0697. The fourth-order valence-corrected chi connectivity index (χ4v) is 2.17. The van der Waals surface area contributed by atoms with Crippen molar-refractivity contribution in [3.05, 3.63) is 52.2 Å². The quantitative estimate of drug-likeness (QED) is 0.886. The molecule has 0 saturated carbocycles. The number of aryl methyl sites for hydroxylation is 1. The maximum atomic E-state index is 11.2. The zero-order valence-electron chi connectivity index (χ0n) is 11.7. The van der Waals surface area contributed by atoms with Gasteiger partial charge in [0, 0.05) is 22.8 Å². The smallest absolute Gasteiger partial charge is 0.339 e. The second-order valence-electron chi connectivity index (χ2n) is 4.43. The Hall–Kier alpha value is -2.27. The lowest BCUT2D eigenvalue weighted by atomic mass is 10.2. The van der Waals surface area contributed by atoms with Gasteiger partial charge in [0.2, 0.25) is 0 Å². The fourth-order valence-electron chi connectivity index (χ4n) is 1.94. The van der Waals surface area contributed by atoms with Crippen LogP contribution in [0.4, 0.5) is 5.82 Å². The summed E-state index contributed by atoms with van der Waals surface area (Å²) in [5.74, 6) is -0.0832. The van der Waals surface area contributed by atoms with Crippen molar-refractivity contribution in [2.45, 2.75) is 13.5 Å². The Balaban J connectivity index is 2.28. The third-order valence-electron chi connectivity index (χ3n) is 2.99. The van der Waals surface area contributed by atoms with Crippen molar-refractivity contribution in [2.24, 2.45) is 0 Å². The summed E-state index contributed by atoms with van der Waals surface area (Å²) in [5.41, 5.74) is 1.60. The van der Waals surface area contributed by atoms with Gasteiger partial charge in [-0.2, -0.15) is 0 Å². The minimum atomic E-state index is -1.03. The fraction of sp³-hybridized carbons (Fsp3) is 0.200. The molecule has 110 valence electrons. The number of nitrogens with zero attached hydrogens (tertiary/aromatic N) is 1. The number of benzene rings is 1. The summed E-state index contributed by atoms with van der Waals surface area (Å²) in [6.45, 7) is 2.12. The number of carboxylic acid groups (broad SMARTS) is 1. The molecule has 0 spiro atoms. The van der Waals surface area contributed by atoms with Crippen LogP contribution < -0.4 is 10.1 Å². The highest BCUT2D eigenvalue weighted by atomic mass is 35.5. The molecule has 0 saturated heterocycles. The highest BCUT2D eigenvalue weighted by molar-refractivity contribution is 6.31. The second kappa shape index (κ2) is 6.45.